The van der Waals surface area contributed by atoms with Gasteiger partial charge in [-0.25, -0.2) is 0 Å². The minimum absolute atomic E-state index is 0.127. The number of hydrogen-bond acceptors (Lipinski definition) is 6. The molecule has 0 aliphatic heterocycles. The molecule has 0 aliphatic rings. The van der Waals surface area contributed by atoms with Crippen molar-refractivity contribution in [3.8, 4) is 5.19 Å². The molecular formula is C11H7F3N2O4S. The van der Waals surface area contributed by atoms with Crippen molar-refractivity contribution in [2.45, 2.75) is 13.1 Å². The lowest BCUT2D eigenvalue weighted by Crippen LogP contribution is -2.11. The molecular weight excluding hydrogens is 313 g/mol. The van der Waals surface area contributed by atoms with E-state index in [2.05, 4.69) is 4.98 Å². The molecule has 1 aromatic heterocycles. The van der Waals surface area contributed by atoms with Gasteiger partial charge >= 0.3 is 6.18 Å². The van der Waals surface area contributed by atoms with Gasteiger partial charge < -0.3 is 4.74 Å². The van der Waals surface area contributed by atoms with Gasteiger partial charge in [0, 0.05) is 6.07 Å². The van der Waals surface area contributed by atoms with Gasteiger partial charge in [-0.3, -0.25) is 14.9 Å². The van der Waals surface area contributed by atoms with Gasteiger partial charge in [-0.15, -0.1) is 0 Å². The Morgan fingerprint density at radius 3 is 2.62 bits per heavy atom. The number of ether oxygens (including phenoxy) is 1. The molecule has 0 spiro atoms. The van der Waals surface area contributed by atoms with Crippen molar-refractivity contribution in [3.05, 3.63) is 38.2 Å². The van der Waals surface area contributed by atoms with Crippen molar-refractivity contribution < 1.29 is 22.8 Å². The fourth-order valence-electron chi connectivity index (χ4n) is 1.62. The van der Waals surface area contributed by atoms with Crippen LogP contribution in [0.2, 0.25) is 0 Å². The number of nitro benzene ring substituents is 1. The molecule has 1 heterocycles. The number of fused-ring (bicyclic) bond motifs is 1. The summed E-state index contributed by atoms with van der Waals surface area (Å²) in [5, 5.41) is 10.4. The van der Waals surface area contributed by atoms with Crippen LogP contribution in [0.1, 0.15) is 12.5 Å². The Morgan fingerprint density at radius 1 is 1.43 bits per heavy atom. The van der Waals surface area contributed by atoms with Gasteiger partial charge in [0.2, 0.25) is 0 Å². The van der Waals surface area contributed by atoms with Gasteiger partial charge in [0.1, 0.15) is 4.70 Å². The molecule has 0 bridgehead atoms. The molecule has 112 valence electrons. The summed E-state index contributed by atoms with van der Waals surface area (Å²) in [4.78, 5) is 25.2. The maximum absolute atomic E-state index is 12.7. The van der Waals surface area contributed by atoms with Crippen LogP contribution in [-0.4, -0.2) is 16.5 Å². The van der Waals surface area contributed by atoms with Crippen LogP contribution in [0.15, 0.2) is 16.9 Å². The normalized spacial score (nSPS) is 11.6. The molecule has 2 aromatic rings. The maximum Gasteiger partial charge on any atom is 0.416 e. The van der Waals surface area contributed by atoms with E-state index < -0.39 is 33.3 Å². The molecule has 0 aliphatic carbocycles. The summed E-state index contributed by atoms with van der Waals surface area (Å²) >= 11 is 0.658. The summed E-state index contributed by atoms with van der Waals surface area (Å²) in [5.74, 6) is 0. The van der Waals surface area contributed by atoms with Gasteiger partial charge in [-0.05, 0) is 13.0 Å². The van der Waals surface area contributed by atoms with E-state index in [1.807, 2.05) is 0 Å². The third kappa shape index (κ3) is 2.94. The number of alkyl halides is 3. The SMILES string of the molecule is CCOc1nc(=O)c2cc(C(F)(F)F)cc([N+](=O)[O-])c2s1. The van der Waals surface area contributed by atoms with Crippen LogP contribution in [0, 0.1) is 10.1 Å². The number of non-ortho nitro benzene ring substituents is 1. The van der Waals surface area contributed by atoms with Crippen LogP contribution < -0.4 is 10.3 Å². The van der Waals surface area contributed by atoms with Crippen molar-refractivity contribution in [3.63, 3.8) is 0 Å². The van der Waals surface area contributed by atoms with Gasteiger partial charge in [0.25, 0.3) is 16.4 Å². The lowest BCUT2D eigenvalue weighted by Gasteiger charge is -2.08. The summed E-state index contributed by atoms with van der Waals surface area (Å²) < 4.78 is 43.0. The number of aromatic nitrogens is 1. The molecule has 10 heteroatoms. The predicted molar refractivity (Wildman–Crippen MR) is 68.7 cm³/mol. The van der Waals surface area contributed by atoms with Crippen molar-refractivity contribution in [2.75, 3.05) is 6.61 Å². The molecule has 21 heavy (non-hydrogen) atoms. The van der Waals surface area contributed by atoms with Crippen molar-refractivity contribution in [2.24, 2.45) is 0 Å². The Bertz CT molecular complexity index is 772. The number of nitro groups is 1. The molecule has 0 atom stereocenters. The minimum Gasteiger partial charge on any atom is -0.470 e. The molecule has 6 nitrogen and oxygen atoms in total. The average Bonchev–Trinajstić information content (AvgIpc) is 2.36. The zero-order chi connectivity index (χ0) is 15.8. The highest BCUT2D eigenvalue weighted by atomic mass is 32.1. The van der Waals surface area contributed by atoms with E-state index in [0.29, 0.717) is 23.5 Å². The summed E-state index contributed by atoms with van der Waals surface area (Å²) in [6.07, 6.45) is -4.80. The van der Waals surface area contributed by atoms with Crippen LogP contribution in [0.25, 0.3) is 10.1 Å². The molecule has 0 N–H and O–H groups in total. The molecule has 0 radical (unpaired) electrons. The fourth-order valence-corrected chi connectivity index (χ4v) is 2.59. The van der Waals surface area contributed by atoms with Gasteiger partial charge in [-0.1, -0.05) is 11.3 Å². The first kappa shape index (κ1) is 15.2. The highest BCUT2D eigenvalue weighted by molar-refractivity contribution is 7.20. The fraction of sp³-hybridized carbons (Fsp3) is 0.273. The zero-order valence-electron chi connectivity index (χ0n) is 10.4. The average molecular weight is 320 g/mol. The number of halogens is 3. The summed E-state index contributed by atoms with van der Waals surface area (Å²) in [5.41, 5.74) is -3.07. The maximum atomic E-state index is 12.7. The van der Waals surface area contributed by atoms with Gasteiger partial charge in [0.15, 0.2) is 0 Å². The largest absolute Gasteiger partial charge is 0.470 e. The van der Waals surface area contributed by atoms with E-state index >= 15 is 0 Å². The van der Waals surface area contributed by atoms with Crippen LogP contribution in [-0.2, 0) is 6.18 Å². The monoisotopic (exact) mass is 320 g/mol. The predicted octanol–water partition coefficient (Wildman–Crippen LogP) is 2.98. The Labute approximate surface area is 119 Å². The van der Waals surface area contributed by atoms with Gasteiger partial charge in [-0.2, -0.15) is 18.2 Å². The summed E-state index contributed by atoms with van der Waals surface area (Å²) in [6, 6.07) is 0.956. The summed E-state index contributed by atoms with van der Waals surface area (Å²) in [6.45, 7) is 1.78. The van der Waals surface area contributed by atoms with Crippen LogP contribution in [0.3, 0.4) is 0 Å². The van der Waals surface area contributed by atoms with E-state index in [-0.39, 0.29) is 16.5 Å². The second-order valence-corrected chi connectivity index (χ2v) is 4.81. The third-order valence-electron chi connectivity index (χ3n) is 2.47. The molecule has 0 unspecified atom stereocenters. The third-order valence-corrected chi connectivity index (χ3v) is 3.49. The molecule has 0 fully saturated rings. The molecule has 1 aromatic carbocycles. The van der Waals surface area contributed by atoms with Gasteiger partial charge in [0.05, 0.1) is 22.5 Å². The smallest absolute Gasteiger partial charge is 0.416 e. The van der Waals surface area contributed by atoms with Crippen LogP contribution >= 0.6 is 11.3 Å². The second kappa shape index (κ2) is 5.28. The topological polar surface area (TPSA) is 82.3 Å². The minimum atomic E-state index is -4.80. The Morgan fingerprint density at radius 2 is 2.10 bits per heavy atom. The quantitative estimate of drug-likeness (QED) is 0.641. The van der Waals surface area contributed by atoms with Crippen molar-refractivity contribution >= 4 is 27.1 Å². The number of rotatable bonds is 3. The second-order valence-electron chi connectivity index (χ2n) is 3.84. The molecule has 0 saturated carbocycles. The standard InChI is InChI=1S/C11H7F3N2O4S/c1-2-20-10-15-9(17)6-3-5(11(12,13)14)4-7(16(18)19)8(6)21-10/h3-4H,2H2,1H3. The first-order chi connectivity index (χ1) is 9.74. The van der Waals surface area contributed by atoms with Crippen molar-refractivity contribution in [1.82, 2.24) is 4.98 Å². The molecule has 0 amide bonds. The number of hydrogen-bond donors (Lipinski definition) is 0. The Kier molecular flexibility index (Phi) is 3.81. The first-order valence-electron chi connectivity index (χ1n) is 5.57. The molecule has 2 rings (SSSR count). The molecule has 0 saturated heterocycles. The van der Waals surface area contributed by atoms with E-state index in [9.17, 15) is 28.1 Å². The first-order valence-corrected chi connectivity index (χ1v) is 6.39. The Hall–Kier alpha value is -2.23. The van der Waals surface area contributed by atoms with E-state index in [1.165, 1.54) is 0 Å². The van der Waals surface area contributed by atoms with E-state index in [4.69, 9.17) is 4.74 Å². The summed E-state index contributed by atoms with van der Waals surface area (Å²) in [7, 11) is 0. The number of benzene rings is 1. The van der Waals surface area contributed by atoms with E-state index in [0.717, 1.165) is 0 Å². The lowest BCUT2D eigenvalue weighted by molar-refractivity contribution is -0.383. The Balaban J connectivity index is 2.86. The highest BCUT2D eigenvalue weighted by Gasteiger charge is 2.34. The van der Waals surface area contributed by atoms with Crippen LogP contribution in [0.4, 0.5) is 18.9 Å². The van der Waals surface area contributed by atoms with Crippen LogP contribution in [0.5, 0.6) is 5.19 Å². The highest BCUT2D eigenvalue weighted by Crippen LogP contribution is 2.37. The number of nitrogens with zero attached hydrogens (tertiary/aromatic N) is 2. The van der Waals surface area contributed by atoms with E-state index in [1.54, 1.807) is 6.92 Å². The zero-order valence-corrected chi connectivity index (χ0v) is 11.2. The lowest BCUT2D eigenvalue weighted by atomic mass is 10.1. The van der Waals surface area contributed by atoms with Crippen molar-refractivity contribution in [1.29, 1.82) is 0 Å².